The fourth-order valence-electron chi connectivity index (χ4n) is 1.96. The number of hydrogen-bond acceptors (Lipinski definition) is 6. The summed E-state index contributed by atoms with van der Waals surface area (Å²) in [5.41, 5.74) is 0.406. The predicted octanol–water partition coefficient (Wildman–Crippen LogP) is 2.61. The lowest BCUT2D eigenvalue weighted by molar-refractivity contribution is -0.222. The number of ether oxygens (including phenoxy) is 3. The second-order valence-corrected chi connectivity index (χ2v) is 5.53. The van der Waals surface area contributed by atoms with E-state index in [-0.39, 0.29) is 11.5 Å². The van der Waals surface area contributed by atoms with Gasteiger partial charge in [-0.05, 0) is 30.2 Å². The van der Waals surface area contributed by atoms with E-state index >= 15 is 0 Å². The number of cyclic esters (lactones) is 2. The lowest BCUT2D eigenvalue weighted by Crippen LogP contribution is -2.41. The minimum Gasteiger partial charge on any atom is -0.427 e. The molecule has 1 heterocycles. The molecule has 0 amide bonds. The summed E-state index contributed by atoms with van der Waals surface area (Å²) in [5, 5.41) is 0. The molecule has 0 N–H and O–H groups in total. The number of carbonyl (C=O) groups is 3. The van der Waals surface area contributed by atoms with E-state index in [0.29, 0.717) is 24.2 Å². The Kier molecular flexibility index (Phi) is 4.83. The van der Waals surface area contributed by atoms with Gasteiger partial charge in [-0.15, -0.1) is 0 Å². The Morgan fingerprint density at radius 2 is 1.70 bits per heavy atom. The van der Waals surface area contributed by atoms with Crippen LogP contribution in [0.25, 0.3) is 6.08 Å². The normalized spacial score (nSPS) is 16.4. The molecule has 1 fully saturated rings. The molecule has 0 atom stereocenters. The van der Waals surface area contributed by atoms with Crippen LogP contribution in [0, 0.1) is 0 Å². The van der Waals surface area contributed by atoms with E-state index in [0.717, 1.165) is 0 Å². The molecule has 0 aliphatic carbocycles. The molecule has 0 radical (unpaired) electrons. The first-order valence-corrected chi connectivity index (χ1v) is 7.30. The summed E-state index contributed by atoms with van der Waals surface area (Å²) < 4.78 is 15.2. The Morgan fingerprint density at radius 3 is 2.22 bits per heavy atom. The molecule has 0 bridgehead atoms. The van der Waals surface area contributed by atoms with Gasteiger partial charge in [-0.3, -0.25) is 4.79 Å². The first kappa shape index (κ1) is 16.7. The molecular formula is C17H18O6. The molecule has 122 valence electrons. The number of rotatable bonds is 4. The van der Waals surface area contributed by atoms with E-state index in [4.69, 9.17) is 14.2 Å². The first-order chi connectivity index (χ1) is 10.8. The van der Waals surface area contributed by atoms with Crippen molar-refractivity contribution in [2.45, 2.75) is 39.4 Å². The summed E-state index contributed by atoms with van der Waals surface area (Å²) in [5.74, 6) is -2.63. The average Bonchev–Trinajstić information content (AvgIpc) is 2.44. The molecule has 0 unspecified atom stereocenters. The zero-order valence-electron chi connectivity index (χ0n) is 13.3. The number of esters is 3. The van der Waals surface area contributed by atoms with Crippen molar-refractivity contribution in [1.82, 2.24) is 0 Å². The summed E-state index contributed by atoms with van der Waals surface area (Å²) in [4.78, 5) is 35.1. The molecule has 1 aromatic rings. The molecule has 1 aliphatic rings. The molecule has 0 spiro atoms. The summed E-state index contributed by atoms with van der Waals surface area (Å²) >= 11 is 0. The highest BCUT2D eigenvalue weighted by Crippen LogP contribution is 2.24. The molecule has 23 heavy (non-hydrogen) atoms. The summed E-state index contributed by atoms with van der Waals surface area (Å²) in [6, 6.07) is 6.43. The van der Waals surface area contributed by atoms with Gasteiger partial charge in [0.2, 0.25) is 0 Å². The number of carbonyl (C=O) groups excluding carboxylic acids is 3. The van der Waals surface area contributed by atoms with Crippen molar-refractivity contribution in [3.63, 3.8) is 0 Å². The van der Waals surface area contributed by atoms with Crippen molar-refractivity contribution < 1.29 is 28.6 Å². The first-order valence-electron chi connectivity index (χ1n) is 7.30. The van der Waals surface area contributed by atoms with Gasteiger partial charge >= 0.3 is 17.9 Å². The van der Waals surface area contributed by atoms with Crippen molar-refractivity contribution in [3.8, 4) is 5.75 Å². The Morgan fingerprint density at radius 1 is 1.13 bits per heavy atom. The van der Waals surface area contributed by atoms with Crippen molar-refractivity contribution in [2.75, 3.05) is 0 Å². The second-order valence-electron chi connectivity index (χ2n) is 5.53. The van der Waals surface area contributed by atoms with Crippen molar-refractivity contribution in [2.24, 2.45) is 0 Å². The predicted molar refractivity (Wildman–Crippen MR) is 81.2 cm³/mol. The molecular weight excluding hydrogens is 300 g/mol. The fourth-order valence-corrected chi connectivity index (χ4v) is 1.96. The minimum atomic E-state index is -1.26. The molecule has 1 saturated heterocycles. The van der Waals surface area contributed by atoms with Gasteiger partial charge in [0, 0.05) is 20.3 Å². The van der Waals surface area contributed by atoms with Crippen molar-refractivity contribution in [3.05, 3.63) is 35.4 Å². The van der Waals surface area contributed by atoms with Gasteiger partial charge in [0.05, 0.1) is 0 Å². The molecule has 0 saturated carbocycles. The zero-order chi connectivity index (χ0) is 17.0. The van der Waals surface area contributed by atoms with Crippen LogP contribution in [0.2, 0.25) is 0 Å². The number of benzene rings is 1. The standard InChI is InChI=1S/C17H18O6/c1-4-5-14(18)21-12-8-6-11(7-9-12)10-13-15(19)22-17(2,3)23-16(13)20/h6-10H,4-5H2,1-3H3. The summed E-state index contributed by atoms with van der Waals surface area (Å²) in [6.07, 6.45) is 2.43. The minimum absolute atomic E-state index is 0.181. The Balaban J connectivity index is 2.12. The van der Waals surface area contributed by atoms with E-state index < -0.39 is 17.7 Å². The number of hydrogen-bond donors (Lipinski definition) is 0. The van der Waals surface area contributed by atoms with Gasteiger partial charge in [-0.25, -0.2) is 9.59 Å². The van der Waals surface area contributed by atoms with Crippen molar-refractivity contribution in [1.29, 1.82) is 0 Å². The molecule has 1 aliphatic heterocycles. The lowest BCUT2D eigenvalue weighted by atomic mass is 10.1. The van der Waals surface area contributed by atoms with E-state index in [1.54, 1.807) is 24.3 Å². The molecule has 2 rings (SSSR count). The van der Waals surface area contributed by atoms with Crippen LogP contribution < -0.4 is 4.74 Å². The third kappa shape index (κ3) is 4.42. The Labute approximate surface area is 134 Å². The van der Waals surface area contributed by atoms with Gasteiger partial charge in [0.1, 0.15) is 11.3 Å². The van der Waals surface area contributed by atoms with E-state index in [2.05, 4.69) is 0 Å². The van der Waals surface area contributed by atoms with Crippen molar-refractivity contribution >= 4 is 24.0 Å². The molecule has 1 aromatic carbocycles. The van der Waals surface area contributed by atoms with Gasteiger partial charge in [-0.2, -0.15) is 0 Å². The van der Waals surface area contributed by atoms with Crippen LogP contribution in [0.1, 0.15) is 39.2 Å². The van der Waals surface area contributed by atoms with E-state index in [9.17, 15) is 14.4 Å². The van der Waals surface area contributed by atoms with Gasteiger partial charge in [0.15, 0.2) is 0 Å². The van der Waals surface area contributed by atoms with Crippen LogP contribution in [0.5, 0.6) is 5.75 Å². The third-order valence-electron chi connectivity index (χ3n) is 2.99. The quantitative estimate of drug-likeness (QED) is 0.367. The van der Waals surface area contributed by atoms with Gasteiger partial charge < -0.3 is 14.2 Å². The maximum atomic E-state index is 11.8. The lowest BCUT2D eigenvalue weighted by Gasteiger charge is -2.29. The maximum Gasteiger partial charge on any atom is 0.348 e. The van der Waals surface area contributed by atoms with Crippen LogP contribution in [0.15, 0.2) is 29.8 Å². The molecule has 0 aromatic heterocycles. The van der Waals surface area contributed by atoms with Gasteiger partial charge in [0.25, 0.3) is 5.79 Å². The zero-order valence-corrected chi connectivity index (χ0v) is 13.3. The summed E-state index contributed by atoms with van der Waals surface area (Å²) in [7, 11) is 0. The third-order valence-corrected chi connectivity index (χ3v) is 2.99. The van der Waals surface area contributed by atoms with E-state index in [1.807, 2.05) is 6.92 Å². The maximum absolute atomic E-state index is 11.8. The van der Waals surface area contributed by atoms with E-state index in [1.165, 1.54) is 19.9 Å². The van der Waals surface area contributed by atoms with Crippen LogP contribution in [0.3, 0.4) is 0 Å². The van der Waals surface area contributed by atoms with Crippen LogP contribution in [-0.2, 0) is 23.9 Å². The highest BCUT2D eigenvalue weighted by molar-refractivity contribution is 6.18. The van der Waals surface area contributed by atoms with Crippen LogP contribution in [0.4, 0.5) is 0 Å². The van der Waals surface area contributed by atoms with Crippen LogP contribution in [-0.4, -0.2) is 23.7 Å². The molecule has 6 nitrogen and oxygen atoms in total. The second kappa shape index (κ2) is 6.64. The average molecular weight is 318 g/mol. The molecule has 6 heteroatoms. The topological polar surface area (TPSA) is 78.9 Å². The Hall–Kier alpha value is -2.63. The summed E-state index contributed by atoms with van der Waals surface area (Å²) in [6.45, 7) is 4.86. The largest absolute Gasteiger partial charge is 0.427 e. The highest BCUT2D eigenvalue weighted by atomic mass is 16.7. The highest BCUT2D eigenvalue weighted by Gasteiger charge is 2.38. The Bertz CT molecular complexity index is 632. The monoisotopic (exact) mass is 318 g/mol. The SMILES string of the molecule is CCCC(=O)Oc1ccc(C=C2C(=O)OC(C)(C)OC2=O)cc1. The smallest absolute Gasteiger partial charge is 0.348 e. The fraction of sp³-hybridized carbons (Fsp3) is 0.353. The van der Waals surface area contributed by atoms with Crippen LogP contribution >= 0.6 is 0 Å². The van der Waals surface area contributed by atoms with Gasteiger partial charge in [-0.1, -0.05) is 19.1 Å².